The van der Waals surface area contributed by atoms with Crippen LogP contribution in [-0.2, 0) is 13.5 Å². The van der Waals surface area contributed by atoms with E-state index < -0.39 is 0 Å². The van der Waals surface area contributed by atoms with Gasteiger partial charge in [0.2, 0.25) is 0 Å². The predicted molar refractivity (Wildman–Crippen MR) is 108 cm³/mol. The summed E-state index contributed by atoms with van der Waals surface area (Å²) in [5.74, 6) is 0.729. The normalized spacial score (nSPS) is 10.9. The number of carbonyl (C=O) groups is 2. The van der Waals surface area contributed by atoms with Crippen molar-refractivity contribution in [2.45, 2.75) is 6.42 Å². The summed E-state index contributed by atoms with van der Waals surface area (Å²) in [6.45, 7) is 0.496. The summed E-state index contributed by atoms with van der Waals surface area (Å²) in [7, 11) is 1.94. The topological polar surface area (TPSA) is 89.2 Å². The lowest BCUT2D eigenvalue weighted by Gasteiger charge is -2.05. The lowest BCUT2D eigenvalue weighted by molar-refractivity contribution is 0.0956. The number of carbonyl (C=O) groups excluding carboxylic acids is 2. The van der Waals surface area contributed by atoms with Gasteiger partial charge in [0, 0.05) is 25.7 Å². The van der Waals surface area contributed by atoms with E-state index in [1.165, 1.54) is 17.6 Å². The lowest BCUT2D eigenvalue weighted by Crippen LogP contribution is -2.25. The Bertz CT molecular complexity index is 1110. The number of aryl methyl sites for hydroxylation is 1. The zero-order valence-electron chi connectivity index (χ0n) is 15.1. The van der Waals surface area contributed by atoms with Gasteiger partial charge in [0.1, 0.15) is 5.82 Å². The molecule has 0 aliphatic rings. The fourth-order valence-corrected chi connectivity index (χ4v) is 3.57. The molecule has 4 aromatic rings. The summed E-state index contributed by atoms with van der Waals surface area (Å²) in [4.78, 5) is 29.5. The van der Waals surface area contributed by atoms with Crippen LogP contribution in [0.3, 0.4) is 0 Å². The molecule has 0 aliphatic heterocycles. The summed E-state index contributed by atoms with van der Waals surface area (Å²) in [5, 5.41) is 7.59. The number of amides is 2. The molecule has 0 fully saturated rings. The smallest absolute Gasteiger partial charge is 0.291 e. The van der Waals surface area contributed by atoms with Crippen molar-refractivity contribution in [2.75, 3.05) is 11.9 Å². The van der Waals surface area contributed by atoms with Gasteiger partial charge in [-0.2, -0.15) is 0 Å². The second-order valence-corrected chi connectivity index (χ2v) is 7.15. The van der Waals surface area contributed by atoms with E-state index in [2.05, 4.69) is 15.6 Å². The van der Waals surface area contributed by atoms with E-state index in [9.17, 15) is 9.59 Å². The van der Waals surface area contributed by atoms with Crippen LogP contribution in [0.5, 0.6) is 0 Å². The van der Waals surface area contributed by atoms with Gasteiger partial charge in [0.15, 0.2) is 5.76 Å². The highest BCUT2D eigenvalue weighted by Gasteiger charge is 2.12. The van der Waals surface area contributed by atoms with Gasteiger partial charge in [0.05, 0.1) is 22.2 Å². The van der Waals surface area contributed by atoms with Crippen LogP contribution in [0, 0.1) is 0 Å². The van der Waals surface area contributed by atoms with Gasteiger partial charge >= 0.3 is 0 Å². The first-order chi connectivity index (χ1) is 13.6. The number of nitrogens with one attached hydrogen (secondary N) is 2. The number of nitrogens with zero attached hydrogens (tertiary/aromatic N) is 2. The number of aromatic nitrogens is 2. The van der Waals surface area contributed by atoms with Crippen molar-refractivity contribution in [3.8, 4) is 0 Å². The summed E-state index contributed by atoms with van der Waals surface area (Å²) in [6, 6.07) is 12.5. The number of benzene rings is 1. The van der Waals surface area contributed by atoms with Crippen LogP contribution >= 0.6 is 11.3 Å². The molecule has 28 heavy (non-hydrogen) atoms. The first-order valence-corrected chi connectivity index (χ1v) is 9.62. The number of anilines is 1. The van der Waals surface area contributed by atoms with Gasteiger partial charge in [-0.3, -0.25) is 9.59 Å². The summed E-state index contributed by atoms with van der Waals surface area (Å²) >= 11 is 1.42. The third-order valence-corrected chi connectivity index (χ3v) is 5.22. The molecule has 1 aromatic carbocycles. The highest BCUT2D eigenvalue weighted by atomic mass is 32.1. The largest absolute Gasteiger partial charge is 0.459 e. The second-order valence-electron chi connectivity index (χ2n) is 6.21. The molecule has 142 valence electrons. The highest BCUT2D eigenvalue weighted by Crippen LogP contribution is 2.20. The third kappa shape index (κ3) is 3.67. The average molecular weight is 394 g/mol. The Kier molecular flexibility index (Phi) is 4.94. The Morgan fingerprint density at radius 1 is 1.18 bits per heavy atom. The standard InChI is InChI=1S/C20H18N4O3S/c1-24-15-7-6-13(22-19(25)16-4-2-10-27-16)12-14(15)23-18(24)8-9-21-20(26)17-5-3-11-28-17/h2-7,10-12H,8-9H2,1H3,(H,21,26)(H,22,25). The molecular weight excluding hydrogens is 376 g/mol. The van der Waals surface area contributed by atoms with Crippen molar-refractivity contribution in [3.05, 3.63) is 70.6 Å². The Labute approximate surface area is 165 Å². The maximum absolute atomic E-state index is 12.1. The van der Waals surface area contributed by atoms with Crippen molar-refractivity contribution in [2.24, 2.45) is 7.05 Å². The van der Waals surface area contributed by atoms with Crippen LogP contribution in [0.1, 0.15) is 26.1 Å². The molecule has 0 unspecified atom stereocenters. The molecule has 2 amide bonds. The van der Waals surface area contributed by atoms with Crippen molar-refractivity contribution in [3.63, 3.8) is 0 Å². The molecule has 0 saturated heterocycles. The minimum absolute atomic E-state index is 0.0725. The fourth-order valence-electron chi connectivity index (χ4n) is 2.93. The third-order valence-electron chi connectivity index (χ3n) is 4.36. The van der Waals surface area contributed by atoms with E-state index in [1.54, 1.807) is 18.2 Å². The number of thiophene rings is 1. The Morgan fingerprint density at radius 3 is 2.82 bits per heavy atom. The number of imidazole rings is 1. The van der Waals surface area contributed by atoms with Gasteiger partial charge in [-0.05, 0) is 41.8 Å². The highest BCUT2D eigenvalue weighted by molar-refractivity contribution is 7.12. The Morgan fingerprint density at radius 2 is 2.07 bits per heavy atom. The minimum Gasteiger partial charge on any atom is -0.459 e. The van der Waals surface area contributed by atoms with E-state index in [0.717, 1.165) is 16.9 Å². The zero-order valence-corrected chi connectivity index (χ0v) is 16.0. The number of rotatable bonds is 6. The molecule has 0 saturated carbocycles. The van der Waals surface area contributed by atoms with Gasteiger partial charge in [-0.25, -0.2) is 4.98 Å². The van der Waals surface area contributed by atoms with Crippen molar-refractivity contribution >= 4 is 39.9 Å². The Hall–Kier alpha value is -3.39. The minimum atomic E-state index is -0.309. The quantitative estimate of drug-likeness (QED) is 0.524. The molecule has 8 heteroatoms. The molecule has 0 aliphatic carbocycles. The summed E-state index contributed by atoms with van der Waals surface area (Å²) in [5.41, 5.74) is 2.37. The number of hydrogen-bond donors (Lipinski definition) is 2. The first kappa shape index (κ1) is 18.0. The number of fused-ring (bicyclic) bond motifs is 1. The van der Waals surface area contributed by atoms with Crippen LogP contribution in [0.25, 0.3) is 11.0 Å². The molecule has 0 atom stereocenters. The van der Waals surface area contributed by atoms with E-state index in [1.807, 2.05) is 41.3 Å². The monoisotopic (exact) mass is 394 g/mol. The van der Waals surface area contributed by atoms with Gasteiger partial charge in [0.25, 0.3) is 11.8 Å². The van der Waals surface area contributed by atoms with Gasteiger partial charge < -0.3 is 19.6 Å². The van der Waals surface area contributed by atoms with E-state index in [-0.39, 0.29) is 17.6 Å². The van der Waals surface area contributed by atoms with Crippen LogP contribution in [0.2, 0.25) is 0 Å². The predicted octanol–water partition coefficient (Wildman–Crippen LogP) is 3.45. The molecule has 3 aromatic heterocycles. The molecule has 2 N–H and O–H groups in total. The first-order valence-electron chi connectivity index (χ1n) is 8.74. The number of hydrogen-bond acceptors (Lipinski definition) is 5. The lowest BCUT2D eigenvalue weighted by atomic mass is 10.2. The van der Waals surface area contributed by atoms with Gasteiger partial charge in [-0.15, -0.1) is 11.3 Å². The van der Waals surface area contributed by atoms with Crippen molar-refractivity contribution < 1.29 is 14.0 Å². The van der Waals surface area contributed by atoms with Crippen LogP contribution in [0.4, 0.5) is 5.69 Å². The molecule has 3 heterocycles. The molecular formula is C20H18N4O3S. The number of furan rings is 1. The van der Waals surface area contributed by atoms with Gasteiger partial charge in [-0.1, -0.05) is 6.07 Å². The zero-order chi connectivity index (χ0) is 19.5. The molecule has 4 rings (SSSR count). The average Bonchev–Trinajstić information content (AvgIpc) is 3.44. The maximum Gasteiger partial charge on any atom is 0.291 e. The molecule has 7 nitrogen and oxygen atoms in total. The van der Waals surface area contributed by atoms with Crippen molar-refractivity contribution in [1.82, 2.24) is 14.9 Å². The Balaban J connectivity index is 1.44. The van der Waals surface area contributed by atoms with Crippen LogP contribution in [0.15, 0.2) is 58.5 Å². The van der Waals surface area contributed by atoms with Crippen LogP contribution < -0.4 is 10.6 Å². The summed E-state index contributed by atoms with van der Waals surface area (Å²) in [6.07, 6.45) is 2.07. The maximum atomic E-state index is 12.1. The molecule has 0 radical (unpaired) electrons. The van der Waals surface area contributed by atoms with Crippen molar-refractivity contribution in [1.29, 1.82) is 0 Å². The van der Waals surface area contributed by atoms with E-state index >= 15 is 0 Å². The second kappa shape index (κ2) is 7.69. The van der Waals surface area contributed by atoms with E-state index in [0.29, 0.717) is 23.5 Å². The molecule has 0 spiro atoms. The van der Waals surface area contributed by atoms with E-state index in [4.69, 9.17) is 4.42 Å². The molecule has 0 bridgehead atoms. The van der Waals surface area contributed by atoms with Crippen LogP contribution in [-0.4, -0.2) is 27.9 Å². The summed E-state index contributed by atoms with van der Waals surface area (Å²) < 4.78 is 7.09. The fraction of sp³-hybridized carbons (Fsp3) is 0.150. The SMILES string of the molecule is Cn1c(CCNC(=O)c2cccs2)nc2cc(NC(=O)c3ccco3)ccc21.